The van der Waals surface area contributed by atoms with Gasteiger partial charge in [-0.15, -0.1) is 0 Å². The van der Waals surface area contributed by atoms with Gasteiger partial charge >= 0.3 is 0 Å². The Bertz CT molecular complexity index is 702. The minimum atomic E-state index is -0.790. The number of carbonyl (C=O) groups excluding carboxylic acids is 1. The van der Waals surface area contributed by atoms with Gasteiger partial charge < -0.3 is 14.7 Å². The van der Waals surface area contributed by atoms with Crippen molar-refractivity contribution in [3.63, 3.8) is 0 Å². The fourth-order valence-corrected chi connectivity index (χ4v) is 2.74. The van der Waals surface area contributed by atoms with Gasteiger partial charge in [0, 0.05) is 13.0 Å². The number of benzene rings is 2. The van der Waals surface area contributed by atoms with E-state index in [0.717, 1.165) is 5.56 Å². The normalized spacial score (nSPS) is 13.2. The average molecular weight is 345 g/mol. The first-order valence-electron chi connectivity index (χ1n) is 8.22. The summed E-state index contributed by atoms with van der Waals surface area (Å²) in [6.45, 7) is 2.03. The molecule has 0 aliphatic heterocycles. The molecule has 0 aromatic heterocycles. The molecule has 134 valence electrons. The molecule has 25 heavy (non-hydrogen) atoms. The molecule has 0 fully saturated rings. The lowest BCUT2D eigenvalue weighted by atomic mass is 9.99. The molecule has 4 nitrogen and oxygen atoms in total. The number of amides is 1. The van der Waals surface area contributed by atoms with Gasteiger partial charge in [-0.1, -0.05) is 31.2 Å². The van der Waals surface area contributed by atoms with Gasteiger partial charge in [0.1, 0.15) is 11.6 Å². The Morgan fingerprint density at radius 1 is 1.24 bits per heavy atom. The molecule has 0 radical (unpaired) electrons. The number of methoxy groups -OCH3 is 1. The molecule has 2 unspecified atom stereocenters. The summed E-state index contributed by atoms with van der Waals surface area (Å²) in [5, 5.41) is 10.4. The maximum atomic E-state index is 13.0. The highest BCUT2D eigenvalue weighted by molar-refractivity contribution is 5.78. The topological polar surface area (TPSA) is 49.8 Å². The standard InChI is InChI=1S/C20H24FNO3/c1-14(11-15-7-9-17(21)10-8-15)20(24)22(2)13-19(23)16-5-4-6-18(12-16)25-3/h4-10,12,14,19,23H,11,13H2,1-3H3. The molecule has 1 N–H and O–H groups in total. The van der Waals surface area contributed by atoms with E-state index in [2.05, 4.69) is 0 Å². The number of hydrogen-bond acceptors (Lipinski definition) is 3. The summed E-state index contributed by atoms with van der Waals surface area (Å²) in [6, 6.07) is 13.3. The lowest BCUT2D eigenvalue weighted by Gasteiger charge is -2.24. The summed E-state index contributed by atoms with van der Waals surface area (Å²) in [5.74, 6) is 0.0516. The second kappa shape index (κ2) is 8.62. The van der Waals surface area contributed by atoms with Gasteiger partial charge in [0.15, 0.2) is 0 Å². The van der Waals surface area contributed by atoms with Crippen LogP contribution in [0, 0.1) is 11.7 Å². The minimum absolute atomic E-state index is 0.0636. The van der Waals surface area contributed by atoms with Crippen molar-refractivity contribution in [1.29, 1.82) is 0 Å². The molecule has 0 heterocycles. The number of hydrogen-bond donors (Lipinski definition) is 1. The van der Waals surface area contributed by atoms with Gasteiger partial charge in [-0.3, -0.25) is 4.79 Å². The van der Waals surface area contributed by atoms with Crippen molar-refractivity contribution in [1.82, 2.24) is 4.90 Å². The lowest BCUT2D eigenvalue weighted by molar-refractivity contribution is -0.134. The highest BCUT2D eigenvalue weighted by atomic mass is 19.1. The molecular formula is C20H24FNO3. The molecule has 5 heteroatoms. The minimum Gasteiger partial charge on any atom is -0.497 e. The van der Waals surface area contributed by atoms with E-state index in [-0.39, 0.29) is 24.2 Å². The number of ether oxygens (including phenoxy) is 1. The molecule has 0 bridgehead atoms. The number of aliphatic hydroxyl groups is 1. The molecule has 0 spiro atoms. The van der Waals surface area contributed by atoms with Crippen molar-refractivity contribution in [2.24, 2.45) is 5.92 Å². The van der Waals surface area contributed by atoms with E-state index in [1.54, 1.807) is 50.6 Å². The summed E-state index contributed by atoms with van der Waals surface area (Å²) in [5.41, 5.74) is 1.61. The van der Waals surface area contributed by atoms with Gasteiger partial charge in [0.25, 0.3) is 0 Å². The van der Waals surface area contributed by atoms with Crippen LogP contribution in [0.1, 0.15) is 24.2 Å². The number of likely N-dealkylation sites (N-methyl/N-ethyl adjacent to an activating group) is 1. The number of aliphatic hydroxyl groups excluding tert-OH is 1. The Morgan fingerprint density at radius 2 is 1.92 bits per heavy atom. The maximum absolute atomic E-state index is 13.0. The Labute approximate surface area is 147 Å². The van der Waals surface area contributed by atoms with Crippen LogP contribution in [0.15, 0.2) is 48.5 Å². The highest BCUT2D eigenvalue weighted by Crippen LogP contribution is 2.20. The van der Waals surface area contributed by atoms with Crippen molar-refractivity contribution in [3.05, 3.63) is 65.5 Å². The molecule has 0 aliphatic carbocycles. The summed E-state index contributed by atoms with van der Waals surface area (Å²) < 4.78 is 18.1. The monoisotopic (exact) mass is 345 g/mol. The van der Waals surface area contributed by atoms with E-state index in [4.69, 9.17) is 4.74 Å². The first kappa shape index (κ1) is 18.9. The van der Waals surface area contributed by atoms with Crippen molar-refractivity contribution in [2.45, 2.75) is 19.4 Å². The van der Waals surface area contributed by atoms with Gasteiger partial charge in [0.05, 0.1) is 19.8 Å². The predicted molar refractivity (Wildman–Crippen MR) is 94.9 cm³/mol. The smallest absolute Gasteiger partial charge is 0.225 e. The Morgan fingerprint density at radius 3 is 2.56 bits per heavy atom. The summed E-state index contributed by atoms with van der Waals surface area (Å²) in [4.78, 5) is 14.0. The number of carbonyl (C=O) groups is 1. The van der Waals surface area contributed by atoms with Crippen molar-refractivity contribution in [2.75, 3.05) is 20.7 Å². The van der Waals surface area contributed by atoms with Crippen LogP contribution < -0.4 is 4.74 Å². The third-order valence-electron chi connectivity index (χ3n) is 4.18. The summed E-state index contributed by atoms with van der Waals surface area (Å²) in [6.07, 6.45) is -0.263. The Balaban J connectivity index is 1.95. The van der Waals surface area contributed by atoms with Crippen LogP contribution in [0.25, 0.3) is 0 Å². The largest absolute Gasteiger partial charge is 0.497 e. The molecule has 0 aliphatic rings. The Kier molecular flexibility index (Phi) is 6.53. The molecule has 2 aromatic carbocycles. The maximum Gasteiger partial charge on any atom is 0.225 e. The Hall–Kier alpha value is -2.40. The van der Waals surface area contributed by atoms with Gasteiger partial charge in [-0.25, -0.2) is 4.39 Å². The average Bonchev–Trinajstić information content (AvgIpc) is 2.62. The second-order valence-corrected chi connectivity index (χ2v) is 6.24. The van der Waals surface area contributed by atoms with Gasteiger partial charge in [0.2, 0.25) is 5.91 Å². The predicted octanol–water partition coefficient (Wildman–Crippen LogP) is 3.20. The summed E-state index contributed by atoms with van der Waals surface area (Å²) >= 11 is 0. The molecule has 0 saturated carbocycles. The highest BCUT2D eigenvalue weighted by Gasteiger charge is 2.21. The van der Waals surface area contributed by atoms with Crippen LogP contribution in [-0.4, -0.2) is 36.6 Å². The molecular weight excluding hydrogens is 321 g/mol. The van der Waals surface area contributed by atoms with E-state index in [9.17, 15) is 14.3 Å². The van der Waals surface area contributed by atoms with E-state index in [1.807, 2.05) is 6.92 Å². The van der Waals surface area contributed by atoms with Crippen LogP contribution in [0.3, 0.4) is 0 Å². The first-order chi connectivity index (χ1) is 11.9. The van der Waals surface area contributed by atoms with Crippen LogP contribution in [0.5, 0.6) is 5.75 Å². The van der Waals surface area contributed by atoms with E-state index >= 15 is 0 Å². The van der Waals surface area contributed by atoms with Crippen LogP contribution in [0.4, 0.5) is 4.39 Å². The SMILES string of the molecule is COc1cccc(C(O)CN(C)C(=O)C(C)Cc2ccc(F)cc2)c1. The van der Waals surface area contributed by atoms with Crippen molar-refractivity contribution >= 4 is 5.91 Å². The zero-order valence-electron chi connectivity index (χ0n) is 14.8. The zero-order valence-corrected chi connectivity index (χ0v) is 14.8. The molecule has 2 rings (SSSR count). The van der Waals surface area contributed by atoms with Crippen molar-refractivity contribution in [3.8, 4) is 5.75 Å². The van der Waals surface area contributed by atoms with Gasteiger partial charge in [-0.2, -0.15) is 0 Å². The molecule has 2 atom stereocenters. The lowest BCUT2D eigenvalue weighted by Crippen LogP contribution is -2.35. The first-order valence-corrected chi connectivity index (χ1v) is 8.22. The number of nitrogens with zero attached hydrogens (tertiary/aromatic N) is 1. The van der Waals surface area contributed by atoms with E-state index in [1.165, 1.54) is 17.0 Å². The third-order valence-corrected chi connectivity index (χ3v) is 4.18. The van der Waals surface area contributed by atoms with E-state index in [0.29, 0.717) is 17.7 Å². The zero-order chi connectivity index (χ0) is 18.4. The van der Waals surface area contributed by atoms with Crippen LogP contribution >= 0.6 is 0 Å². The fourth-order valence-electron chi connectivity index (χ4n) is 2.74. The molecule has 0 saturated heterocycles. The molecule has 2 aromatic rings. The van der Waals surface area contributed by atoms with Crippen LogP contribution in [0.2, 0.25) is 0 Å². The summed E-state index contributed by atoms with van der Waals surface area (Å²) in [7, 11) is 3.24. The van der Waals surface area contributed by atoms with Gasteiger partial charge in [-0.05, 0) is 41.8 Å². The number of halogens is 1. The second-order valence-electron chi connectivity index (χ2n) is 6.24. The van der Waals surface area contributed by atoms with E-state index < -0.39 is 6.10 Å². The van der Waals surface area contributed by atoms with Crippen molar-refractivity contribution < 1.29 is 19.0 Å². The number of rotatable bonds is 7. The van der Waals surface area contributed by atoms with Crippen LogP contribution in [-0.2, 0) is 11.2 Å². The third kappa shape index (κ3) is 5.29. The quantitative estimate of drug-likeness (QED) is 0.838. The fraction of sp³-hybridized carbons (Fsp3) is 0.350. The molecule has 1 amide bonds.